The maximum atomic E-state index is 6.16. The summed E-state index contributed by atoms with van der Waals surface area (Å²) in [6.45, 7) is 5.77. The molecule has 1 aromatic carbocycles. The Bertz CT molecular complexity index is 754. The first-order chi connectivity index (χ1) is 9.08. The number of halogens is 1. The Balaban J connectivity index is 2.33. The normalized spacial score (nSPS) is 11.2. The lowest BCUT2D eigenvalue weighted by molar-refractivity contribution is 0.579. The van der Waals surface area contributed by atoms with Crippen molar-refractivity contribution in [3.8, 4) is 11.4 Å². The molecule has 3 aromatic rings. The summed E-state index contributed by atoms with van der Waals surface area (Å²) in [7, 11) is 0. The average molecular weight is 273 g/mol. The molecule has 0 spiro atoms. The lowest BCUT2D eigenvalue weighted by atomic mass is 10.1. The molecule has 0 atom stereocenters. The maximum absolute atomic E-state index is 6.16. The first-order valence-electron chi connectivity index (χ1n) is 6.07. The smallest absolute Gasteiger partial charge is 0.165 e. The van der Waals surface area contributed by atoms with Gasteiger partial charge in [-0.3, -0.25) is 0 Å². The predicted molar refractivity (Wildman–Crippen MR) is 76.5 cm³/mol. The molecule has 0 aliphatic rings. The van der Waals surface area contributed by atoms with E-state index >= 15 is 0 Å². The van der Waals surface area contributed by atoms with Crippen LogP contribution in [0.15, 0.2) is 28.7 Å². The third-order valence-corrected chi connectivity index (χ3v) is 3.69. The molecular formula is C15H13ClN2O. The lowest BCUT2D eigenvalue weighted by Gasteiger charge is -2.05. The quantitative estimate of drug-likeness (QED) is 0.614. The van der Waals surface area contributed by atoms with Crippen molar-refractivity contribution in [1.29, 1.82) is 0 Å². The first kappa shape index (κ1) is 12.2. The van der Waals surface area contributed by atoms with E-state index in [1.54, 1.807) is 0 Å². The lowest BCUT2D eigenvalue weighted by Crippen LogP contribution is -1.96. The van der Waals surface area contributed by atoms with E-state index in [0.717, 1.165) is 33.6 Å². The molecule has 0 bridgehead atoms. The number of para-hydroxylation sites is 1. The van der Waals surface area contributed by atoms with Gasteiger partial charge in [-0.1, -0.05) is 29.8 Å². The van der Waals surface area contributed by atoms with Crippen LogP contribution in [0.5, 0.6) is 0 Å². The number of fused-ring (bicyclic) bond motifs is 1. The summed E-state index contributed by atoms with van der Waals surface area (Å²) in [5.74, 6) is 1.43. The van der Waals surface area contributed by atoms with E-state index in [4.69, 9.17) is 16.0 Å². The number of hydrogen-bond acceptors (Lipinski definition) is 3. The molecule has 0 unspecified atom stereocenters. The topological polar surface area (TPSA) is 38.9 Å². The van der Waals surface area contributed by atoms with Gasteiger partial charge in [-0.2, -0.15) is 0 Å². The molecular weight excluding hydrogens is 260 g/mol. The Labute approximate surface area is 116 Å². The SMILES string of the molecule is Cc1nc(-c2c(C)oc3ccccc23)nc(Cl)c1C. The van der Waals surface area contributed by atoms with Crippen LogP contribution in [-0.2, 0) is 0 Å². The molecule has 96 valence electrons. The van der Waals surface area contributed by atoms with E-state index in [1.807, 2.05) is 45.0 Å². The summed E-state index contributed by atoms with van der Waals surface area (Å²) in [5, 5.41) is 1.51. The third-order valence-electron chi connectivity index (χ3n) is 3.32. The van der Waals surface area contributed by atoms with Crippen molar-refractivity contribution < 1.29 is 4.42 Å². The minimum absolute atomic E-state index is 0.493. The second-order valence-electron chi connectivity index (χ2n) is 4.58. The van der Waals surface area contributed by atoms with Gasteiger partial charge in [0.15, 0.2) is 5.82 Å². The number of aromatic nitrogens is 2. The highest BCUT2D eigenvalue weighted by atomic mass is 35.5. The average Bonchev–Trinajstić information content (AvgIpc) is 2.71. The van der Waals surface area contributed by atoms with Crippen LogP contribution in [0.2, 0.25) is 5.15 Å². The Kier molecular flexibility index (Phi) is 2.79. The zero-order valence-electron chi connectivity index (χ0n) is 11.0. The molecule has 0 N–H and O–H groups in total. The Morgan fingerprint density at radius 3 is 2.53 bits per heavy atom. The Hall–Kier alpha value is -1.87. The first-order valence-corrected chi connectivity index (χ1v) is 6.45. The van der Waals surface area contributed by atoms with Crippen LogP contribution in [0.3, 0.4) is 0 Å². The van der Waals surface area contributed by atoms with Gasteiger partial charge < -0.3 is 4.42 Å². The van der Waals surface area contributed by atoms with Gasteiger partial charge in [-0.15, -0.1) is 0 Å². The second-order valence-corrected chi connectivity index (χ2v) is 4.94. The summed E-state index contributed by atoms with van der Waals surface area (Å²) in [5.41, 5.74) is 3.56. The summed E-state index contributed by atoms with van der Waals surface area (Å²) >= 11 is 6.16. The Morgan fingerprint density at radius 2 is 1.79 bits per heavy atom. The molecule has 2 aromatic heterocycles. The van der Waals surface area contributed by atoms with E-state index in [1.165, 1.54) is 0 Å². The van der Waals surface area contributed by atoms with Crippen molar-refractivity contribution >= 4 is 22.6 Å². The molecule has 4 heteroatoms. The summed E-state index contributed by atoms with van der Waals surface area (Å²) < 4.78 is 5.74. The monoisotopic (exact) mass is 272 g/mol. The molecule has 0 aliphatic heterocycles. The van der Waals surface area contributed by atoms with E-state index in [2.05, 4.69) is 9.97 Å². The number of rotatable bonds is 1. The number of aryl methyl sites for hydroxylation is 2. The van der Waals surface area contributed by atoms with E-state index < -0.39 is 0 Å². The summed E-state index contributed by atoms with van der Waals surface area (Å²) in [4.78, 5) is 8.91. The fourth-order valence-electron chi connectivity index (χ4n) is 2.15. The zero-order valence-corrected chi connectivity index (χ0v) is 11.7. The molecule has 3 nitrogen and oxygen atoms in total. The van der Waals surface area contributed by atoms with Crippen LogP contribution < -0.4 is 0 Å². The van der Waals surface area contributed by atoms with Gasteiger partial charge in [-0.25, -0.2) is 9.97 Å². The highest BCUT2D eigenvalue weighted by molar-refractivity contribution is 6.30. The van der Waals surface area contributed by atoms with Crippen LogP contribution in [0.1, 0.15) is 17.0 Å². The molecule has 0 fully saturated rings. The minimum atomic E-state index is 0.493. The zero-order chi connectivity index (χ0) is 13.6. The van der Waals surface area contributed by atoms with Crippen LogP contribution in [0, 0.1) is 20.8 Å². The molecule has 0 radical (unpaired) electrons. The van der Waals surface area contributed by atoms with Crippen molar-refractivity contribution in [1.82, 2.24) is 9.97 Å². The van der Waals surface area contributed by atoms with Crippen molar-refractivity contribution in [2.24, 2.45) is 0 Å². The van der Waals surface area contributed by atoms with Crippen LogP contribution in [0.25, 0.3) is 22.4 Å². The maximum Gasteiger partial charge on any atom is 0.165 e. The summed E-state index contributed by atoms with van der Waals surface area (Å²) in [6, 6.07) is 7.87. The van der Waals surface area contributed by atoms with E-state index in [0.29, 0.717) is 11.0 Å². The molecule has 0 aliphatic carbocycles. The summed E-state index contributed by atoms with van der Waals surface area (Å²) in [6.07, 6.45) is 0. The van der Waals surface area contributed by atoms with Crippen LogP contribution in [0.4, 0.5) is 0 Å². The molecule has 2 heterocycles. The molecule has 0 saturated heterocycles. The van der Waals surface area contributed by atoms with Gasteiger partial charge in [-0.05, 0) is 26.8 Å². The fourth-order valence-corrected chi connectivity index (χ4v) is 2.37. The number of hydrogen-bond donors (Lipinski definition) is 0. The molecule has 19 heavy (non-hydrogen) atoms. The van der Waals surface area contributed by atoms with Crippen molar-refractivity contribution in [3.63, 3.8) is 0 Å². The molecule has 3 rings (SSSR count). The van der Waals surface area contributed by atoms with Gasteiger partial charge in [0.1, 0.15) is 16.5 Å². The van der Waals surface area contributed by atoms with Gasteiger partial charge in [0.25, 0.3) is 0 Å². The van der Waals surface area contributed by atoms with E-state index in [-0.39, 0.29) is 0 Å². The Morgan fingerprint density at radius 1 is 1.05 bits per heavy atom. The largest absolute Gasteiger partial charge is 0.461 e. The van der Waals surface area contributed by atoms with Crippen LogP contribution >= 0.6 is 11.6 Å². The van der Waals surface area contributed by atoms with Crippen LogP contribution in [-0.4, -0.2) is 9.97 Å². The van der Waals surface area contributed by atoms with Gasteiger partial charge in [0, 0.05) is 16.6 Å². The van der Waals surface area contributed by atoms with Crippen molar-refractivity contribution in [3.05, 3.63) is 46.4 Å². The highest BCUT2D eigenvalue weighted by Gasteiger charge is 2.16. The fraction of sp³-hybridized carbons (Fsp3) is 0.200. The van der Waals surface area contributed by atoms with Crippen molar-refractivity contribution in [2.75, 3.05) is 0 Å². The molecule has 0 saturated carbocycles. The van der Waals surface area contributed by atoms with Crippen molar-refractivity contribution in [2.45, 2.75) is 20.8 Å². The van der Waals surface area contributed by atoms with E-state index in [9.17, 15) is 0 Å². The van der Waals surface area contributed by atoms with Gasteiger partial charge >= 0.3 is 0 Å². The third kappa shape index (κ3) is 1.90. The second kappa shape index (κ2) is 4.35. The number of nitrogens with zero attached hydrogens (tertiary/aromatic N) is 2. The number of furan rings is 1. The standard InChI is InChI=1S/C15H13ClN2O/c1-8-9(2)17-15(18-14(8)16)13-10(3)19-12-7-5-4-6-11(12)13/h4-7H,1-3H3. The predicted octanol–water partition coefficient (Wildman–Crippen LogP) is 4.47. The highest BCUT2D eigenvalue weighted by Crippen LogP contribution is 2.33. The minimum Gasteiger partial charge on any atom is -0.461 e. The number of benzene rings is 1. The van der Waals surface area contributed by atoms with Gasteiger partial charge in [0.05, 0.1) is 5.56 Å². The molecule has 0 amide bonds. The van der Waals surface area contributed by atoms with Gasteiger partial charge in [0.2, 0.25) is 0 Å².